The Morgan fingerprint density at radius 2 is 1.97 bits per heavy atom. The van der Waals surface area contributed by atoms with Crippen LogP contribution in [-0.2, 0) is 6.67 Å². The van der Waals surface area contributed by atoms with Gasteiger partial charge >= 0.3 is 0 Å². The van der Waals surface area contributed by atoms with Gasteiger partial charge < -0.3 is 4.52 Å². The predicted octanol–water partition coefficient (Wildman–Crippen LogP) is 3.97. The standard InChI is InChI=1S/C22H21FN6O/c23-19-5-1-3-17(13-19)21-26-22(30-27-21)18-4-2-12-28(14-18)15-29-20(8-11-25-29)16-6-9-24-10-7-16/h1,3,5-11,13,18H,2,4,12,14-15H2. The average Bonchev–Trinajstić information content (AvgIpc) is 3.45. The lowest BCUT2D eigenvalue weighted by Gasteiger charge is -2.31. The van der Waals surface area contributed by atoms with Crippen LogP contribution < -0.4 is 0 Å². The fourth-order valence-corrected chi connectivity index (χ4v) is 3.93. The van der Waals surface area contributed by atoms with Crippen molar-refractivity contribution in [3.05, 3.63) is 72.8 Å². The second-order valence-electron chi connectivity index (χ2n) is 7.48. The quantitative estimate of drug-likeness (QED) is 0.501. The summed E-state index contributed by atoms with van der Waals surface area (Å²) >= 11 is 0. The van der Waals surface area contributed by atoms with Crippen LogP contribution in [0.15, 0.2) is 65.6 Å². The highest BCUT2D eigenvalue weighted by atomic mass is 19.1. The number of benzene rings is 1. The molecule has 0 radical (unpaired) electrons. The summed E-state index contributed by atoms with van der Waals surface area (Å²) < 4.78 is 21.0. The fraction of sp³-hybridized carbons (Fsp3) is 0.273. The summed E-state index contributed by atoms with van der Waals surface area (Å²) in [4.78, 5) is 11.0. The monoisotopic (exact) mass is 404 g/mol. The second-order valence-corrected chi connectivity index (χ2v) is 7.48. The number of piperidine rings is 1. The molecule has 0 bridgehead atoms. The number of aromatic nitrogens is 5. The Morgan fingerprint density at radius 3 is 2.83 bits per heavy atom. The Labute approximate surface area is 173 Å². The van der Waals surface area contributed by atoms with Crippen LogP contribution in [0.25, 0.3) is 22.6 Å². The van der Waals surface area contributed by atoms with Crippen LogP contribution >= 0.6 is 0 Å². The van der Waals surface area contributed by atoms with Gasteiger partial charge in [-0.15, -0.1) is 0 Å². The molecule has 0 aliphatic carbocycles. The van der Waals surface area contributed by atoms with Crippen LogP contribution in [0, 0.1) is 5.82 Å². The Balaban J connectivity index is 1.30. The zero-order chi connectivity index (χ0) is 20.3. The molecule has 5 rings (SSSR count). The molecule has 4 aromatic rings. The molecule has 0 amide bonds. The van der Waals surface area contributed by atoms with Gasteiger partial charge in [-0.1, -0.05) is 17.3 Å². The van der Waals surface area contributed by atoms with Gasteiger partial charge in [0.1, 0.15) is 5.82 Å². The highest BCUT2D eigenvalue weighted by molar-refractivity contribution is 5.58. The molecule has 1 fully saturated rings. The predicted molar refractivity (Wildman–Crippen MR) is 109 cm³/mol. The van der Waals surface area contributed by atoms with Crippen LogP contribution in [0.2, 0.25) is 0 Å². The number of rotatable bonds is 5. The minimum atomic E-state index is -0.313. The third-order valence-electron chi connectivity index (χ3n) is 5.41. The summed E-state index contributed by atoms with van der Waals surface area (Å²) in [6.07, 6.45) is 7.41. The maximum atomic E-state index is 13.5. The SMILES string of the molecule is Fc1cccc(-c2noc(C3CCCN(Cn4nccc4-c4ccncc4)C3)n2)c1. The summed E-state index contributed by atoms with van der Waals surface area (Å²) in [5, 5.41) is 8.57. The van der Waals surface area contributed by atoms with Gasteiger partial charge in [-0.3, -0.25) is 14.6 Å². The molecular formula is C22H21FN6O. The first-order valence-corrected chi connectivity index (χ1v) is 10.0. The highest BCUT2D eigenvalue weighted by Gasteiger charge is 2.27. The van der Waals surface area contributed by atoms with Crippen molar-refractivity contribution in [2.24, 2.45) is 0 Å². The highest BCUT2D eigenvalue weighted by Crippen LogP contribution is 2.28. The number of hydrogen-bond acceptors (Lipinski definition) is 6. The van der Waals surface area contributed by atoms with Crippen molar-refractivity contribution in [3.63, 3.8) is 0 Å². The van der Waals surface area contributed by atoms with Gasteiger partial charge in [0.2, 0.25) is 11.7 Å². The molecule has 1 saturated heterocycles. The van der Waals surface area contributed by atoms with Crippen LogP contribution in [0.3, 0.4) is 0 Å². The molecule has 1 unspecified atom stereocenters. The van der Waals surface area contributed by atoms with Crippen molar-refractivity contribution in [2.75, 3.05) is 13.1 Å². The van der Waals surface area contributed by atoms with E-state index in [0.717, 1.165) is 37.2 Å². The Hall–Kier alpha value is -3.39. The molecular weight excluding hydrogens is 383 g/mol. The average molecular weight is 404 g/mol. The second kappa shape index (κ2) is 8.16. The maximum Gasteiger partial charge on any atom is 0.231 e. The summed E-state index contributed by atoms with van der Waals surface area (Å²) in [5.41, 5.74) is 2.77. The summed E-state index contributed by atoms with van der Waals surface area (Å²) in [7, 11) is 0. The van der Waals surface area contributed by atoms with E-state index in [2.05, 4.69) is 25.1 Å². The molecule has 30 heavy (non-hydrogen) atoms. The van der Waals surface area contributed by atoms with E-state index < -0.39 is 0 Å². The molecule has 4 heterocycles. The molecule has 8 heteroatoms. The van der Waals surface area contributed by atoms with Gasteiger partial charge in [-0.05, 0) is 49.7 Å². The smallest absolute Gasteiger partial charge is 0.231 e. The van der Waals surface area contributed by atoms with Crippen molar-refractivity contribution < 1.29 is 8.91 Å². The number of hydrogen-bond donors (Lipinski definition) is 0. The zero-order valence-electron chi connectivity index (χ0n) is 16.4. The van der Waals surface area contributed by atoms with Crippen LogP contribution in [0.4, 0.5) is 4.39 Å². The normalized spacial score (nSPS) is 17.3. The van der Waals surface area contributed by atoms with E-state index in [0.29, 0.717) is 23.9 Å². The Kier molecular flexibility index (Phi) is 5.06. The number of likely N-dealkylation sites (tertiary alicyclic amines) is 1. The van der Waals surface area contributed by atoms with E-state index in [-0.39, 0.29) is 11.7 Å². The van der Waals surface area contributed by atoms with Crippen LogP contribution in [0.1, 0.15) is 24.7 Å². The third-order valence-corrected chi connectivity index (χ3v) is 5.41. The molecule has 1 aromatic carbocycles. The third kappa shape index (κ3) is 3.86. The van der Waals surface area contributed by atoms with Gasteiger partial charge in [0.25, 0.3) is 0 Å². The molecule has 1 aliphatic heterocycles. The zero-order valence-corrected chi connectivity index (χ0v) is 16.4. The Bertz CT molecular complexity index is 1130. The first kappa shape index (κ1) is 18.6. The lowest BCUT2D eigenvalue weighted by Crippen LogP contribution is -2.36. The van der Waals surface area contributed by atoms with Crippen LogP contribution in [0.5, 0.6) is 0 Å². The molecule has 1 aliphatic rings. The van der Waals surface area contributed by atoms with Gasteiger partial charge in [0, 0.05) is 36.3 Å². The first-order valence-electron chi connectivity index (χ1n) is 10.0. The van der Waals surface area contributed by atoms with E-state index in [1.54, 1.807) is 24.5 Å². The number of halogens is 1. The molecule has 3 aromatic heterocycles. The lowest BCUT2D eigenvalue weighted by molar-refractivity contribution is 0.145. The van der Waals surface area contributed by atoms with E-state index in [1.165, 1.54) is 12.1 Å². The topological polar surface area (TPSA) is 72.9 Å². The number of nitrogens with zero attached hydrogens (tertiary/aromatic N) is 6. The van der Waals surface area contributed by atoms with Crippen molar-refractivity contribution in [2.45, 2.75) is 25.4 Å². The minimum absolute atomic E-state index is 0.147. The van der Waals surface area contributed by atoms with Crippen molar-refractivity contribution in [3.8, 4) is 22.6 Å². The molecule has 0 N–H and O–H groups in total. The van der Waals surface area contributed by atoms with Gasteiger partial charge in [-0.25, -0.2) is 4.39 Å². The van der Waals surface area contributed by atoms with Crippen molar-refractivity contribution in [1.29, 1.82) is 0 Å². The lowest BCUT2D eigenvalue weighted by atomic mass is 9.98. The number of pyridine rings is 1. The summed E-state index contributed by atoms with van der Waals surface area (Å²) in [6.45, 7) is 2.48. The van der Waals surface area contributed by atoms with Crippen LogP contribution in [-0.4, -0.2) is 42.9 Å². The van der Waals surface area contributed by atoms with E-state index in [9.17, 15) is 4.39 Å². The minimum Gasteiger partial charge on any atom is -0.339 e. The summed E-state index contributed by atoms with van der Waals surface area (Å²) in [5.74, 6) is 0.864. The molecule has 0 spiro atoms. The van der Waals surface area contributed by atoms with E-state index in [4.69, 9.17) is 4.52 Å². The van der Waals surface area contributed by atoms with Crippen molar-refractivity contribution >= 4 is 0 Å². The van der Waals surface area contributed by atoms with E-state index in [1.807, 2.05) is 29.1 Å². The summed E-state index contributed by atoms with van der Waals surface area (Å²) in [6, 6.07) is 12.2. The van der Waals surface area contributed by atoms with E-state index >= 15 is 0 Å². The van der Waals surface area contributed by atoms with Gasteiger partial charge in [0.05, 0.1) is 18.3 Å². The molecule has 152 valence electrons. The molecule has 0 saturated carbocycles. The fourth-order valence-electron chi connectivity index (χ4n) is 3.93. The maximum absolute atomic E-state index is 13.5. The van der Waals surface area contributed by atoms with Gasteiger partial charge in [0.15, 0.2) is 0 Å². The molecule has 1 atom stereocenters. The molecule has 7 nitrogen and oxygen atoms in total. The van der Waals surface area contributed by atoms with Crippen molar-refractivity contribution in [1.82, 2.24) is 29.8 Å². The van der Waals surface area contributed by atoms with Gasteiger partial charge in [-0.2, -0.15) is 10.1 Å². The Morgan fingerprint density at radius 1 is 1.07 bits per heavy atom. The largest absolute Gasteiger partial charge is 0.339 e. The first-order chi connectivity index (χ1) is 14.8.